The van der Waals surface area contributed by atoms with E-state index < -0.39 is 0 Å². The van der Waals surface area contributed by atoms with Crippen LogP contribution < -0.4 is 5.32 Å². The number of ether oxygens (including phenoxy) is 1. The zero-order chi connectivity index (χ0) is 17.3. The van der Waals surface area contributed by atoms with E-state index in [1.54, 1.807) is 12.4 Å². The first-order chi connectivity index (χ1) is 12.8. The molecule has 5 heterocycles. The van der Waals surface area contributed by atoms with Gasteiger partial charge in [-0.2, -0.15) is 10.1 Å². The Kier molecular flexibility index (Phi) is 3.75. The number of pyridine rings is 2. The molecular weight excluding hydrogens is 330 g/mol. The molecule has 0 aliphatic carbocycles. The average molecular weight is 349 g/mol. The number of anilines is 2. The van der Waals surface area contributed by atoms with Crippen LogP contribution in [0.2, 0.25) is 0 Å². The second kappa shape index (κ2) is 6.38. The summed E-state index contributed by atoms with van der Waals surface area (Å²) in [5.41, 5.74) is 4.55. The van der Waals surface area contributed by atoms with Gasteiger partial charge in [-0.1, -0.05) is 6.07 Å². The average Bonchev–Trinajstić information content (AvgIpc) is 3.29. The number of hydrogen-bond donors (Lipinski definition) is 2. The van der Waals surface area contributed by atoms with E-state index in [1.807, 2.05) is 22.7 Å². The standard InChI is InChI=1S/C18H19N7O/c1-2-14(8-12-4-6-26-7-5-12)25-17(3-1)22-18(24-25)21-13-9-15-16(19-10-13)11-20-23-15/h1-3,9-12H,4-8H2,(H,20,23)(H,21,24). The zero-order valence-electron chi connectivity index (χ0n) is 14.2. The Morgan fingerprint density at radius 3 is 3.08 bits per heavy atom. The maximum atomic E-state index is 5.46. The minimum Gasteiger partial charge on any atom is -0.381 e. The van der Waals surface area contributed by atoms with Gasteiger partial charge in [0.15, 0.2) is 5.65 Å². The lowest BCUT2D eigenvalue weighted by Gasteiger charge is -2.21. The number of aromatic amines is 1. The molecule has 0 unspecified atom stereocenters. The molecule has 0 saturated carbocycles. The van der Waals surface area contributed by atoms with E-state index in [0.29, 0.717) is 11.9 Å². The highest BCUT2D eigenvalue weighted by atomic mass is 16.5. The van der Waals surface area contributed by atoms with E-state index in [0.717, 1.165) is 54.8 Å². The van der Waals surface area contributed by atoms with Crippen LogP contribution in [0.25, 0.3) is 16.7 Å². The van der Waals surface area contributed by atoms with E-state index in [-0.39, 0.29) is 0 Å². The summed E-state index contributed by atoms with van der Waals surface area (Å²) in [4.78, 5) is 8.95. The van der Waals surface area contributed by atoms with E-state index in [1.165, 1.54) is 5.69 Å². The third-order valence-electron chi connectivity index (χ3n) is 4.82. The van der Waals surface area contributed by atoms with Crippen LogP contribution in [0.1, 0.15) is 18.5 Å². The predicted octanol–water partition coefficient (Wildman–Crippen LogP) is 2.71. The highest BCUT2D eigenvalue weighted by molar-refractivity contribution is 5.77. The van der Waals surface area contributed by atoms with Gasteiger partial charge in [0.05, 0.1) is 23.6 Å². The van der Waals surface area contributed by atoms with Crippen LogP contribution in [0.5, 0.6) is 0 Å². The molecule has 8 nitrogen and oxygen atoms in total. The molecule has 0 atom stereocenters. The second-order valence-corrected chi connectivity index (χ2v) is 6.63. The Hall–Kier alpha value is -3.00. The molecule has 132 valence electrons. The van der Waals surface area contributed by atoms with Crippen molar-refractivity contribution in [1.29, 1.82) is 0 Å². The first-order valence-corrected chi connectivity index (χ1v) is 8.84. The van der Waals surface area contributed by atoms with Crippen LogP contribution in [0, 0.1) is 5.92 Å². The first-order valence-electron chi connectivity index (χ1n) is 8.84. The SMILES string of the molecule is c1cc(CC2CCOCC2)n2nc(Nc3cnc4cn[nH]c4c3)nc2c1. The van der Waals surface area contributed by atoms with Crippen molar-refractivity contribution >= 4 is 28.3 Å². The molecule has 2 N–H and O–H groups in total. The van der Waals surface area contributed by atoms with Gasteiger partial charge in [0.1, 0.15) is 5.52 Å². The van der Waals surface area contributed by atoms with Crippen molar-refractivity contribution in [2.24, 2.45) is 5.92 Å². The van der Waals surface area contributed by atoms with Crippen LogP contribution in [-0.4, -0.2) is 43.0 Å². The summed E-state index contributed by atoms with van der Waals surface area (Å²) in [5, 5.41) is 14.8. The number of fused-ring (bicyclic) bond motifs is 2. The third-order valence-corrected chi connectivity index (χ3v) is 4.82. The summed E-state index contributed by atoms with van der Waals surface area (Å²) >= 11 is 0. The third kappa shape index (κ3) is 2.88. The van der Waals surface area contributed by atoms with Crippen LogP contribution in [0.3, 0.4) is 0 Å². The lowest BCUT2D eigenvalue weighted by molar-refractivity contribution is 0.0661. The molecule has 1 saturated heterocycles. The van der Waals surface area contributed by atoms with Crippen LogP contribution >= 0.6 is 0 Å². The summed E-state index contributed by atoms with van der Waals surface area (Å²) in [6, 6.07) is 8.09. The zero-order valence-corrected chi connectivity index (χ0v) is 14.2. The quantitative estimate of drug-likeness (QED) is 0.588. The molecule has 8 heteroatoms. The Balaban J connectivity index is 1.42. The fourth-order valence-corrected chi connectivity index (χ4v) is 3.44. The highest BCUT2D eigenvalue weighted by Crippen LogP contribution is 2.22. The summed E-state index contributed by atoms with van der Waals surface area (Å²) in [7, 11) is 0. The van der Waals surface area contributed by atoms with Gasteiger partial charge < -0.3 is 10.1 Å². The van der Waals surface area contributed by atoms with Crippen molar-refractivity contribution in [2.75, 3.05) is 18.5 Å². The molecule has 5 rings (SSSR count). The molecule has 1 fully saturated rings. The van der Waals surface area contributed by atoms with E-state index in [9.17, 15) is 0 Å². The van der Waals surface area contributed by atoms with Crippen molar-refractivity contribution in [3.63, 3.8) is 0 Å². The van der Waals surface area contributed by atoms with Gasteiger partial charge in [0, 0.05) is 18.9 Å². The van der Waals surface area contributed by atoms with Gasteiger partial charge in [0.2, 0.25) is 5.95 Å². The number of H-pyrrole nitrogens is 1. The predicted molar refractivity (Wildman–Crippen MR) is 97.4 cm³/mol. The Bertz CT molecular complexity index is 1050. The van der Waals surface area contributed by atoms with Crippen LogP contribution in [0.15, 0.2) is 36.7 Å². The normalized spacial score (nSPS) is 15.7. The van der Waals surface area contributed by atoms with Gasteiger partial charge >= 0.3 is 0 Å². The Morgan fingerprint density at radius 2 is 2.15 bits per heavy atom. The smallest absolute Gasteiger partial charge is 0.247 e. The molecule has 4 aromatic rings. The first kappa shape index (κ1) is 15.3. The van der Waals surface area contributed by atoms with Gasteiger partial charge in [-0.15, -0.1) is 5.10 Å². The van der Waals surface area contributed by atoms with Crippen molar-refractivity contribution in [1.82, 2.24) is 29.8 Å². The molecule has 4 aromatic heterocycles. The maximum Gasteiger partial charge on any atom is 0.247 e. The van der Waals surface area contributed by atoms with Crippen molar-refractivity contribution < 1.29 is 4.74 Å². The summed E-state index contributed by atoms with van der Waals surface area (Å²) in [6.07, 6.45) is 6.65. The fraction of sp³-hybridized carbons (Fsp3) is 0.333. The van der Waals surface area contributed by atoms with E-state index in [2.05, 4.69) is 36.6 Å². The van der Waals surface area contributed by atoms with Crippen molar-refractivity contribution in [2.45, 2.75) is 19.3 Å². The van der Waals surface area contributed by atoms with Crippen LogP contribution in [0.4, 0.5) is 11.6 Å². The number of hydrogen-bond acceptors (Lipinski definition) is 6. The molecule has 0 radical (unpaired) electrons. The molecule has 1 aliphatic heterocycles. The Morgan fingerprint density at radius 1 is 1.23 bits per heavy atom. The number of nitrogens with zero attached hydrogens (tertiary/aromatic N) is 5. The topological polar surface area (TPSA) is 93.0 Å². The van der Waals surface area contributed by atoms with Crippen LogP contribution in [-0.2, 0) is 11.2 Å². The molecule has 1 aliphatic rings. The molecule has 0 amide bonds. The second-order valence-electron chi connectivity index (χ2n) is 6.63. The molecule has 26 heavy (non-hydrogen) atoms. The van der Waals surface area contributed by atoms with Gasteiger partial charge in [-0.05, 0) is 43.4 Å². The molecular formula is C18H19N7O. The van der Waals surface area contributed by atoms with E-state index >= 15 is 0 Å². The molecule has 0 bridgehead atoms. The minimum atomic E-state index is 0.560. The summed E-state index contributed by atoms with van der Waals surface area (Å²) < 4.78 is 7.39. The lowest BCUT2D eigenvalue weighted by Crippen LogP contribution is -2.18. The number of rotatable bonds is 4. The number of nitrogens with one attached hydrogen (secondary N) is 2. The number of aromatic nitrogens is 6. The van der Waals surface area contributed by atoms with Gasteiger partial charge in [-0.25, -0.2) is 4.52 Å². The maximum absolute atomic E-state index is 5.46. The summed E-state index contributed by atoms with van der Waals surface area (Å²) in [5.74, 6) is 1.20. The highest BCUT2D eigenvalue weighted by Gasteiger charge is 2.17. The molecule has 0 spiro atoms. The Labute approximate surface area is 149 Å². The molecule has 0 aromatic carbocycles. The minimum absolute atomic E-state index is 0.560. The van der Waals surface area contributed by atoms with Crippen molar-refractivity contribution in [3.8, 4) is 0 Å². The van der Waals surface area contributed by atoms with Gasteiger partial charge in [0.25, 0.3) is 0 Å². The monoisotopic (exact) mass is 349 g/mol. The fourth-order valence-electron chi connectivity index (χ4n) is 3.44. The largest absolute Gasteiger partial charge is 0.381 e. The summed E-state index contributed by atoms with van der Waals surface area (Å²) in [6.45, 7) is 1.71. The van der Waals surface area contributed by atoms with Crippen molar-refractivity contribution in [3.05, 3.63) is 42.4 Å². The van der Waals surface area contributed by atoms with Gasteiger partial charge in [-0.3, -0.25) is 10.1 Å². The lowest BCUT2D eigenvalue weighted by atomic mass is 9.95. The van der Waals surface area contributed by atoms with E-state index in [4.69, 9.17) is 4.74 Å².